The van der Waals surface area contributed by atoms with E-state index in [0.29, 0.717) is 13.1 Å². The monoisotopic (exact) mass is 267 g/mol. The van der Waals surface area contributed by atoms with Crippen LogP contribution in [0.3, 0.4) is 0 Å². The minimum Gasteiger partial charge on any atom is -0.372 e. The molecule has 0 spiro atoms. The Bertz CT molecular complexity index is 406. The van der Waals surface area contributed by atoms with Crippen molar-refractivity contribution in [1.29, 1.82) is 0 Å². The van der Waals surface area contributed by atoms with E-state index in [9.17, 15) is 4.79 Å². The molecule has 0 radical (unpaired) electrons. The first kappa shape index (κ1) is 13.6. The summed E-state index contributed by atoms with van der Waals surface area (Å²) < 4.78 is 5.65. The average molecular weight is 267 g/mol. The first-order valence-electron chi connectivity index (χ1n) is 6.62. The molecule has 1 amide bonds. The van der Waals surface area contributed by atoms with Gasteiger partial charge in [0.1, 0.15) is 0 Å². The van der Waals surface area contributed by atoms with Gasteiger partial charge in [0.05, 0.1) is 17.8 Å². The maximum absolute atomic E-state index is 12.4. The van der Waals surface area contributed by atoms with Gasteiger partial charge in [-0.15, -0.1) is 11.3 Å². The molecule has 0 unspecified atom stereocenters. The summed E-state index contributed by atoms with van der Waals surface area (Å²) in [5, 5.41) is 1.98. The van der Waals surface area contributed by atoms with Gasteiger partial charge in [-0.05, 0) is 26.3 Å². The van der Waals surface area contributed by atoms with Gasteiger partial charge in [0.15, 0.2) is 0 Å². The van der Waals surface area contributed by atoms with E-state index < -0.39 is 0 Å². The highest BCUT2D eigenvalue weighted by Gasteiger charge is 2.26. The van der Waals surface area contributed by atoms with E-state index >= 15 is 0 Å². The Kier molecular flexibility index (Phi) is 4.40. The first-order chi connectivity index (χ1) is 8.60. The Morgan fingerprint density at radius 3 is 2.72 bits per heavy atom. The van der Waals surface area contributed by atoms with E-state index in [2.05, 4.69) is 6.92 Å². The van der Waals surface area contributed by atoms with Crippen LogP contribution < -0.4 is 0 Å². The summed E-state index contributed by atoms with van der Waals surface area (Å²) in [5.41, 5.74) is 0.838. The second kappa shape index (κ2) is 5.85. The van der Waals surface area contributed by atoms with Crippen LogP contribution in [-0.2, 0) is 11.2 Å². The minimum absolute atomic E-state index is 0.131. The molecule has 0 saturated carbocycles. The van der Waals surface area contributed by atoms with Crippen molar-refractivity contribution in [3.05, 3.63) is 21.9 Å². The highest BCUT2D eigenvalue weighted by molar-refractivity contribution is 7.10. The zero-order valence-corrected chi connectivity index (χ0v) is 12.1. The molecule has 2 atom stereocenters. The molecule has 1 aromatic heterocycles. The smallest absolute Gasteiger partial charge is 0.254 e. The van der Waals surface area contributed by atoms with Crippen molar-refractivity contribution < 1.29 is 9.53 Å². The maximum Gasteiger partial charge on any atom is 0.254 e. The molecule has 0 aromatic carbocycles. The van der Waals surface area contributed by atoms with Gasteiger partial charge in [-0.2, -0.15) is 0 Å². The van der Waals surface area contributed by atoms with Gasteiger partial charge < -0.3 is 9.64 Å². The van der Waals surface area contributed by atoms with Gasteiger partial charge in [-0.25, -0.2) is 0 Å². The van der Waals surface area contributed by atoms with Crippen molar-refractivity contribution in [1.82, 2.24) is 4.90 Å². The number of hydrogen-bond donors (Lipinski definition) is 0. The predicted molar refractivity (Wildman–Crippen MR) is 74.2 cm³/mol. The molecule has 1 fully saturated rings. The molecule has 2 heterocycles. The van der Waals surface area contributed by atoms with Crippen LogP contribution in [0.2, 0.25) is 0 Å². The fraction of sp³-hybridized carbons (Fsp3) is 0.643. The summed E-state index contributed by atoms with van der Waals surface area (Å²) in [6, 6.07) is 2.04. The predicted octanol–water partition coefficient (Wildman–Crippen LogP) is 2.95. The van der Waals surface area contributed by atoms with Crippen LogP contribution in [0, 0.1) is 0 Å². The summed E-state index contributed by atoms with van der Waals surface area (Å²) in [6.45, 7) is 7.59. The van der Waals surface area contributed by atoms with E-state index in [1.54, 1.807) is 11.3 Å². The van der Waals surface area contributed by atoms with Crippen molar-refractivity contribution in [3.63, 3.8) is 0 Å². The lowest BCUT2D eigenvalue weighted by Crippen LogP contribution is -2.48. The SMILES string of the molecule is CCCc1cc(C(=O)N2C[C@@H](C)O[C@@H](C)C2)cs1. The standard InChI is InChI=1S/C14H21NO2S/c1-4-5-13-6-12(9-18-13)14(16)15-7-10(2)17-11(3)8-15/h6,9-11H,4-5,7-8H2,1-3H3/t10-,11+. The number of hydrogen-bond acceptors (Lipinski definition) is 3. The summed E-state index contributed by atoms with van der Waals surface area (Å²) in [7, 11) is 0. The molecular formula is C14H21NO2S. The molecule has 1 aliphatic heterocycles. The maximum atomic E-state index is 12.4. The normalized spacial score (nSPS) is 24.3. The van der Waals surface area contributed by atoms with Crippen molar-refractivity contribution in [3.8, 4) is 0 Å². The third-order valence-corrected chi connectivity index (χ3v) is 4.10. The lowest BCUT2D eigenvalue weighted by Gasteiger charge is -2.35. The minimum atomic E-state index is 0.131. The average Bonchev–Trinajstić information content (AvgIpc) is 2.76. The van der Waals surface area contributed by atoms with Crippen LogP contribution in [0.5, 0.6) is 0 Å². The first-order valence-corrected chi connectivity index (χ1v) is 7.50. The largest absolute Gasteiger partial charge is 0.372 e. The van der Waals surface area contributed by atoms with Crippen LogP contribution in [0.25, 0.3) is 0 Å². The van der Waals surface area contributed by atoms with Crippen molar-refractivity contribution >= 4 is 17.2 Å². The van der Waals surface area contributed by atoms with Crippen LogP contribution in [-0.4, -0.2) is 36.1 Å². The Morgan fingerprint density at radius 1 is 1.44 bits per heavy atom. The van der Waals surface area contributed by atoms with E-state index in [1.807, 2.05) is 30.2 Å². The molecule has 3 nitrogen and oxygen atoms in total. The van der Waals surface area contributed by atoms with Gasteiger partial charge in [0.2, 0.25) is 0 Å². The van der Waals surface area contributed by atoms with E-state index in [4.69, 9.17) is 4.74 Å². The van der Waals surface area contributed by atoms with Gasteiger partial charge in [0, 0.05) is 23.3 Å². The zero-order chi connectivity index (χ0) is 13.1. The molecule has 0 bridgehead atoms. The van der Waals surface area contributed by atoms with E-state index in [0.717, 1.165) is 18.4 Å². The molecule has 18 heavy (non-hydrogen) atoms. The van der Waals surface area contributed by atoms with Crippen LogP contribution >= 0.6 is 11.3 Å². The Hall–Kier alpha value is -0.870. The molecule has 0 N–H and O–H groups in total. The number of rotatable bonds is 3. The fourth-order valence-corrected chi connectivity index (χ4v) is 3.36. The molecule has 2 rings (SSSR count). The number of aryl methyl sites for hydroxylation is 1. The Balaban J connectivity index is 2.05. The van der Waals surface area contributed by atoms with Gasteiger partial charge in [0.25, 0.3) is 5.91 Å². The fourth-order valence-electron chi connectivity index (χ4n) is 2.40. The van der Waals surface area contributed by atoms with Crippen LogP contribution in [0.4, 0.5) is 0 Å². The number of thiophene rings is 1. The molecule has 1 aromatic rings. The topological polar surface area (TPSA) is 29.5 Å². The lowest BCUT2D eigenvalue weighted by molar-refractivity contribution is -0.0586. The summed E-state index contributed by atoms with van der Waals surface area (Å²) >= 11 is 1.69. The molecule has 0 aliphatic carbocycles. The van der Waals surface area contributed by atoms with E-state index in [1.165, 1.54) is 4.88 Å². The number of carbonyl (C=O) groups excluding carboxylic acids is 1. The number of amides is 1. The van der Waals surface area contributed by atoms with Crippen molar-refractivity contribution in [2.45, 2.75) is 45.8 Å². The van der Waals surface area contributed by atoms with Crippen LogP contribution in [0.15, 0.2) is 11.4 Å². The van der Waals surface area contributed by atoms with Gasteiger partial charge in [-0.1, -0.05) is 13.3 Å². The molecular weight excluding hydrogens is 246 g/mol. The zero-order valence-electron chi connectivity index (χ0n) is 11.3. The highest BCUT2D eigenvalue weighted by atomic mass is 32.1. The molecule has 100 valence electrons. The van der Waals surface area contributed by atoms with Crippen LogP contribution in [0.1, 0.15) is 42.4 Å². The number of morpholine rings is 1. The summed E-state index contributed by atoms with van der Waals surface area (Å²) in [4.78, 5) is 15.6. The molecule has 4 heteroatoms. The number of carbonyl (C=O) groups is 1. The second-order valence-electron chi connectivity index (χ2n) is 5.02. The number of ether oxygens (including phenoxy) is 1. The number of nitrogens with zero attached hydrogens (tertiary/aromatic N) is 1. The summed E-state index contributed by atoms with van der Waals surface area (Å²) in [5.74, 6) is 0.149. The van der Waals surface area contributed by atoms with Gasteiger partial charge >= 0.3 is 0 Å². The third kappa shape index (κ3) is 3.12. The Labute approximate surface area is 113 Å². The Morgan fingerprint density at radius 2 is 2.11 bits per heavy atom. The highest BCUT2D eigenvalue weighted by Crippen LogP contribution is 2.20. The molecule has 1 saturated heterocycles. The third-order valence-electron chi connectivity index (χ3n) is 3.10. The van der Waals surface area contributed by atoms with Crippen molar-refractivity contribution in [2.24, 2.45) is 0 Å². The van der Waals surface area contributed by atoms with Gasteiger partial charge in [-0.3, -0.25) is 4.79 Å². The second-order valence-corrected chi connectivity index (χ2v) is 6.01. The quantitative estimate of drug-likeness (QED) is 0.842. The van der Waals surface area contributed by atoms with Crippen molar-refractivity contribution in [2.75, 3.05) is 13.1 Å². The van der Waals surface area contributed by atoms with E-state index in [-0.39, 0.29) is 18.1 Å². The summed E-state index contributed by atoms with van der Waals surface area (Å²) in [6.07, 6.45) is 2.45. The lowest BCUT2D eigenvalue weighted by atomic mass is 10.2. The molecule has 1 aliphatic rings.